The van der Waals surface area contributed by atoms with Crippen LogP contribution in [-0.2, 0) is 9.59 Å². The summed E-state index contributed by atoms with van der Waals surface area (Å²) in [5, 5.41) is 8.82. The van der Waals surface area contributed by atoms with Crippen molar-refractivity contribution in [2.24, 2.45) is 0 Å². The molecular weight excluding hydrogens is 346 g/mol. The largest absolute Gasteiger partial charge is 0.494 e. The molecule has 0 saturated carbocycles. The van der Waals surface area contributed by atoms with Gasteiger partial charge in [0, 0.05) is 0 Å². The van der Waals surface area contributed by atoms with Crippen LogP contribution in [-0.4, -0.2) is 39.4 Å². The first kappa shape index (κ1) is 18.5. The van der Waals surface area contributed by atoms with Crippen molar-refractivity contribution in [3.8, 4) is 5.75 Å². The van der Waals surface area contributed by atoms with E-state index in [1.165, 1.54) is 0 Å². The molecule has 0 radical (unpaired) electrons. The van der Waals surface area contributed by atoms with Crippen molar-refractivity contribution in [3.63, 3.8) is 0 Å². The number of aliphatic carboxylic acids is 1. The van der Waals surface area contributed by atoms with Crippen molar-refractivity contribution in [2.45, 2.75) is 26.2 Å². The van der Waals surface area contributed by atoms with Crippen LogP contribution < -0.4 is 4.74 Å². The van der Waals surface area contributed by atoms with Gasteiger partial charge in [-0.1, -0.05) is 55.9 Å². The van der Waals surface area contributed by atoms with Gasteiger partial charge < -0.3 is 9.84 Å². The number of nitrogens with zero attached hydrogens (tertiary/aromatic N) is 1. The zero-order valence-electron chi connectivity index (χ0n) is 13.4. The van der Waals surface area contributed by atoms with E-state index in [4.69, 9.17) is 22.1 Å². The average molecular weight is 365 g/mol. The fourth-order valence-corrected chi connectivity index (χ4v) is 3.38. The number of thiocarbonyl (C=S) groups is 1. The number of amides is 1. The van der Waals surface area contributed by atoms with Crippen LogP contribution in [0, 0.1) is 0 Å². The summed E-state index contributed by atoms with van der Waals surface area (Å²) in [5.74, 6) is -0.661. The lowest BCUT2D eigenvalue weighted by Crippen LogP contribution is -2.33. The highest BCUT2D eigenvalue weighted by Crippen LogP contribution is 2.32. The summed E-state index contributed by atoms with van der Waals surface area (Å²) < 4.78 is 5.91. The van der Waals surface area contributed by atoms with Crippen LogP contribution in [0.5, 0.6) is 5.75 Å². The van der Waals surface area contributed by atoms with E-state index in [1.807, 2.05) is 24.3 Å². The van der Waals surface area contributed by atoms with E-state index >= 15 is 0 Å². The van der Waals surface area contributed by atoms with Crippen LogP contribution >= 0.6 is 24.0 Å². The lowest BCUT2D eigenvalue weighted by molar-refractivity contribution is -0.140. The highest BCUT2D eigenvalue weighted by molar-refractivity contribution is 8.26. The molecule has 0 bridgehead atoms. The molecule has 1 aromatic rings. The first-order valence-corrected chi connectivity index (χ1v) is 8.93. The molecule has 1 aliphatic rings. The second-order valence-electron chi connectivity index (χ2n) is 5.29. The van der Waals surface area contributed by atoms with Crippen molar-refractivity contribution in [1.29, 1.82) is 0 Å². The van der Waals surface area contributed by atoms with E-state index in [0.29, 0.717) is 11.5 Å². The van der Waals surface area contributed by atoms with E-state index in [0.717, 1.165) is 47.2 Å². The number of carbonyl (C=O) groups is 2. The number of benzene rings is 1. The summed E-state index contributed by atoms with van der Waals surface area (Å²) in [5.41, 5.74) is 0.840. The number of hydrogen-bond donors (Lipinski definition) is 1. The molecule has 0 atom stereocenters. The Bertz CT molecular complexity index is 655. The monoisotopic (exact) mass is 365 g/mol. The summed E-state index contributed by atoms with van der Waals surface area (Å²) >= 11 is 6.18. The highest BCUT2D eigenvalue weighted by atomic mass is 32.2. The number of carboxylic acid groups (broad SMARTS) is 1. The van der Waals surface area contributed by atoms with Gasteiger partial charge in [0.1, 0.15) is 16.6 Å². The molecule has 7 heteroatoms. The maximum atomic E-state index is 12.2. The molecule has 1 aliphatic heterocycles. The Kier molecular flexibility index (Phi) is 6.81. The first-order chi connectivity index (χ1) is 11.5. The molecule has 1 saturated heterocycles. The molecule has 0 aromatic heterocycles. The quantitative estimate of drug-likeness (QED) is 0.432. The van der Waals surface area contributed by atoms with Crippen LogP contribution in [0.4, 0.5) is 0 Å². The lowest BCUT2D eigenvalue weighted by atomic mass is 10.2. The molecule has 1 amide bonds. The van der Waals surface area contributed by atoms with Crippen molar-refractivity contribution < 1.29 is 19.4 Å². The highest BCUT2D eigenvalue weighted by Gasteiger charge is 2.33. The fraction of sp³-hybridized carbons (Fsp3) is 0.353. The second-order valence-corrected chi connectivity index (χ2v) is 6.96. The van der Waals surface area contributed by atoms with Crippen molar-refractivity contribution in [3.05, 3.63) is 34.7 Å². The second kappa shape index (κ2) is 8.84. The Balaban J connectivity index is 1.99. The van der Waals surface area contributed by atoms with Crippen LogP contribution in [0.1, 0.15) is 31.7 Å². The number of ether oxygens (including phenoxy) is 1. The molecule has 128 valence electrons. The van der Waals surface area contributed by atoms with Crippen LogP contribution in [0.2, 0.25) is 0 Å². The lowest BCUT2D eigenvalue weighted by Gasteiger charge is -2.10. The SMILES string of the molecule is CCCCCOc1ccc(/C=C2\SC(=S)N(CC(=O)O)C2=O)cc1. The molecular formula is C17H19NO4S2. The fourth-order valence-electron chi connectivity index (χ4n) is 2.13. The van der Waals surface area contributed by atoms with Gasteiger partial charge in [-0.05, 0) is 30.2 Å². The molecule has 1 N–H and O–H groups in total. The van der Waals surface area contributed by atoms with Crippen molar-refractivity contribution >= 4 is 46.3 Å². The Morgan fingerprint density at radius 1 is 1.33 bits per heavy atom. The zero-order chi connectivity index (χ0) is 17.5. The van der Waals surface area contributed by atoms with Crippen LogP contribution in [0.25, 0.3) is 6.08 Å². The third kappa shape index (κ3) is 5.07. The minimum atomic E-state index is -1.09. The van der Waals surface area contributed by atoms with Crippen molar-refractivity contribution in [1.82, 2.24) is 4.90 Å². The maximum Gasteiger partial charge on any atom is 0.323 e. The van der Waals surface area contributed by atoms with Gasteiger partial charge in [-0.25, -0.2) is 0 Å². The minimum absolute atomic E-state index is 0.268. The molecule has 24 heavy (non-hydrogen) atoms. The van der Waals surface area contributed by atoms with Gasteiger partial charge in [-0.2, -0.15) is 0 Å². The average Bonchev–Trinajstić information content (AvgIpc) is 2.80. The first-order valence-electron chi connectivity index (χ1n) is 7.71. The van der Waals surface area contributed by atoms with Gasteiger partial charge >= 0.3 is 5.97 Å². The Morgan fingerprint density at radius 3 is 2.67 bits per heavy atom. The number of thioether (sulfide) groups is 1. The molecule has 0 spiro atoms. The minimum Gasteiger partial charge on any atom is -0.494 e. The molecule has 0 unspecified atom stereocenters. The molecule has 2 rings (SSSR count). The van der Waals surface area contributed by atoms with Gasteiger partial charge in [-0.3, -0.25) is 14.5 Å². The molecule has 5 nitrogen and oxygen atoms in total. The Morgan fingerprint density at radius 2 is 2.04 bits per heavy atom. The summed E-state index contributed by atoms with van der Waals surface area (Å²) in [7, 11) is 0. The Hall–Kier alpha value is -1.86. The zero-order valence-corrected chi connectivity index (χ0v) is 15.0. The molecule has 0 aliphatic carbocycles. The van der Waals surface area contributed by atoms with Crippen LogP contribution in [0.15, 0.2) is 29.2 Å². The molecule has 1 fully saturated rings. The van der Waals surface area contributed by atoms with Gasteiger partial charge in [0.2, 0.25) is 0 Å². The molecule has 1 heterocycles. The molecule has 1 aromatic carbocycles. The predicted molar refractivity (Wildman–Crippen MR) is 99.0 cm³/mol. The third-order valence-corrected chi connectivity index (χ3v) is 4.74. The summed E-state index contributed by atoms with van der Waals surface area (Å²) in [6.45, 7) is 2.43. The van der Waals surface area contributed by atoms with Gasteiger partial charge in [0.15, 0.2) is 0 Å². The maximum absolute atomic E-state index is 12.2. The van der Waals surface area contributed by atoms with E-state index in [9.17, 15) is 9.59 Å². The number of carbonyl (C=O) groups excluding carboxylic acids is 1. The van der Waals surface area contributed by atoms with E-state index in [2.05, 4.69) is 6.92 Å². The normalized spacial score (nSPS) is 16.0. The summed E-state index contributed by atoms with van der Waals surface area (Å²) in [6, 6.07) is 7.43. The topological polar surface area (TPSA) is 66.8 Å². The van der Waals surface area contributed by atoms with E-state index in [-0.39, 0.29) is 10.2 Å². The van der Waals surface area contributed by atoms with Gasteiger partial charge in [0.25, 0.3) is 5.91 Å². The number of unbranched alkanes of at least 4 members (excludes halogenated alkanes) is 2. The summed E-state index contributed by atoms with van der Waals surface area (Å²) in [6.07, 6.45) is 5.05. The van der Waals surface area contributed by atoms with Gasteiger partial charge in [-0.15, -0.1) is 0 Å². The smallest absolute Gasteiger partial charge is 0.323 e. The van der Waals surface area contributed by atoms with E-state index < -0.39 is 12.5 Å². The summed E-state index contributed by atoms with van der Waals surface area (Å²) in [4.78, 5) is 24.5. The third-order valence-electron chi connectivity index (χ3n) is 3.36. The van der Waals surface area contributed by atoms with Crippen LogP contribution in [0.3, 0.4) is 0 Å². The number of rotatable bonds is 8. The van der Waals surface area contributed by atoms with Gasteiger partial charge in [0.05, 0.1) is 11.5 Å². The predicted octanol–water partition coefficient (Wildman–Crippen LogP) is 3.54. The number of hydrogen-bond acceptors (Lipinski definition) is 5. The van der Waals surface area contributed by atoms with E-state index in [1.54, 1.807) is 6.08 Å². The number of carboxylic acids is 1. The standard InChI is InChI=1S/C17H19NO4S2/c1-2-3-4-9-22-13-7-5-12(6-8-13)10-14-16(21)18(11-15(19)20)17(23)24-14/h5-8,10H,2-4,9,11H2,1H3,(H,19,20)/b14-10-. The van der Waals surface area contributed by atoms with Crippen molar-refractivity contribution in [2.75, 3.05) is 13.2 Å². The Labute approximate surface area is 150 Å².